The first-order chi connectivity index (χ1) is 26.8. The number of aliphatic hydroxyl groups is 1. The third-order valence-electron chi connectivity index (χ3n) is 11.2. The van der Waals surface area contributed by atoms with Crippen LogP contribution >= 0.6 is 0 Å². The molecule has 56 heavy (non-hydrogen) atoms. The molecule has 4 heterocycles. The molecule has 9 atom stereocenters. The molecule has 0 spiro atoms. The zero-order valence-electron chi connectivity index (χ0n) is 32.1. The lowest BCUT2D eigenvalue weighted by molar-refractivity contribution is -0.163. The number of amides is 6. The Bertz CT molecular complexity index is 1790. The van der Waals surface area contributed by atoms with E-state index >= 15 is 0 Å². The highest BCUT2D eigenvalue weighted by atomic mass is 16.5. The summed E-state index contributed by atoms with van der Waals surface area (Å²) < 4.78 is 5.92. The van der Waals surface area contributed by atoms with Gasteiger partial charge in [0.1, 0.15) is 42.4 Å². The van der Waals surface area contributed by atoms with E-state index in [4.69, 9.17) is 4.74 Å². The number of esters is 1. The van der Waals surface area contributed by atoms with Crippen molar-refractivity contribution in [2.45, 2.75) is 114 Å². The molecule has 4 N–H and O–H groups in total. The second-order valence-corrected chi connectivity index (χ2v) is 15.6. The molecule has 6 rings (SSSR count). The molecule has 4 aliphatic heterocycles. The summed E-state index contributed by atoms with van der Waals surface area (Å²) in [5, 5.41) is 19.2. The molecule has 4 aliphatic rings. The second-order valence-electron chi connectivity index (χ2n) is 15.6. The molecule has 4 saturated heterocycles. The van der Waals surface area contributed by atoms with Gasteiger partial charge in [0.15, 0.2) is 0 Å². The summed E-state index contributed by atoms with van der Waals surface area (Å²) in [6.45, 7) is 5.10. The molecule has 4 fully saturated rings. The maximum Gasteiger partial charge on any atom is 0.329 e. The smallest absolute Gasteiger partial charge is 0.329 e. The van der Waals surface area contributed by atoms with Gasteiger partial charge in [0.05, 0.1) is 12.5 Å². The van der Waals surface area contributed by atoms with Crippen LogP contribution in [0.3, 0.4) is 0 Å². The summed E-state index contributed by atoms with van der Waals surface area (Å²) in [5.41, 5.74) is 1.47. The molecule has 0 radical (unpaired) electrons. The second kappa shape index (κ2) is 17.7. The van der Waals surface area contributed by atoms with Gasteiger partial charge in [0.25, 0.3) is 0 Å². The molecule has 2 aromatic carbocycles. The van der Waals surface area contributed by atoms with Crippen LogP contribution in [0.1, 0.15) is 64.0 Å². The first-order valence-corrected chi connectivity index (χ1v) is 19.6. The minimum absolute atomic E-state index is 0.00555. The number of carbonyl (C=O) groups is 7. The highest BCUT2D eigenvalue weighted by Gasteiger charge is 2.49. The summed E-state index contributed by atoms with van der Waals surface area (Å²) in [4.78, 5) is 102. The van der Waals surface area contributed by atoms with Crippen LogP contribution in [0, 0.1) is 5.92 Å². The number of hydrogen-bond donors (Lipinski definition) is 4. The summed E-state index contributed by atoms with van der Waals surface area (Å²) in [6, 6.07) is 11.2. The Balaban J connectivity index is 1.34. The monoisotopic (exact) mass is 772 g/mol. The fourth-order valence-electron chi connectivity index (χ4n) is 8.31. The van der Waals surface area contributed by atoms with E-state index in [1.165, 1.54) is 28.5 Å². The SMILES string of the molecule is C[C@@H]1C[C@H]2C(=O)O[C@@H](C)[C@H](NC(=O)[C@H](Cc3ccccc3)NC(=O)Cc3ccccc3)C(=O)N3CC(O)C[C@H]3C(=O)N3CCCC[C@H]3C(=O)N[C@@H](C)C(=O)N2C1. The van der Waals surface area contributed by atoms with Crippen molar-refractivity contribution >= 4 is 41.4 Å². The number of nitrogens with zero attached hydrogens (tertiary/aromatic N) is 3. The number of piperidine rings is 1. The molecule has 15 nitrogen and oxygen atoms in total. The van der Waals surface area contributed by atoms with Crippen LogP contribution in [-0.2, 0) is 51.1 Å². The van der Waals surface area contributed by atoms with Crippen LogP contribution in [0.25, 0.3) is 0 Å². The van der Waals surface area contributed by atoms with Crippen molar-refractivity contribution < 1.29 is 43.4 Å². The maximum absolute atomic E-state index is 14.7. The molecule has 15 heteroatoms. The van der Waals surface area contributed by atoms with E-state index in [0.717, 1.165) is 11.1 Å². The van der Waals surface area contributed by atoms with Crippen molar-refractivity contribution in [3.8, 4) is 0 Å². The number of benzene rings is 2. The van der Waals surface area contributed by atoms with E-state index in [0.29, 0.717) is 19.3 Å². The van der Waals surface area contributed by atoms with Crippen LogP contribution in [0.2, 0.25) is 0 Å². The van der Waals surface area contributed by atoms with E-state index < -0.39 is 89.9 Å². The zero-order valence-corrected chi connectivity index (χ0v) is 32.1. The number of fused-ring (bicyclic) bond motifs is 3. The minimum Gasteiger partial charge on any atom is -0.458 e. The predicted octanol–water partition coefficient (Wildman–Crippen LogP) is 0.471. The fraction of sp³-hybridized carbons (Fsp3) is 0.537. The number of nitrogens with one attached hydrogen (secondary N) is 3. The van der Waals surface area contributed by atoms with Crippen LogP contribution in [0.4, 0.5) is 0 Å². The molecule has 2 aromatic rings. The van der Waals surface area contributed by atoms with Gasteiger partial charge >= 0.3 is 5.97 Å². The number of ether oxygens (including phenoxy) is 1. The largest absolute Gasteiger partial charge is 0.458 e. The number of hydrogen-bond acceptors (Lipinski definition) is 9. The molecule has 0 aliphatic carbocycles. The van der Waals surface area contributed by atoms with E-state index in [2.05, 4.69) is 16.0 Å². The number of aliphatic hydroxyl groups excluding tert-OH is 1. The Morgan fingerprint density at radius 2 is 1.46 bits per heavy atom. The van der Waals surface area contributed by atoms with Gasteiger partial charge in [-0.25, -0.2) is 4.79 Å². The van der Waals surface area contributed by atoms with Crippen molar-refractivity contribution in [3.63, 3.8) is 0 Å². The van der Waals surface area contributed by atoms with E-state index in [-0.39, 0.29) is 51.2 Å². The molecule has 6 amide bonds. The van der Waals surface area contributed by atoms with Crippen molar-refractivity contribution in [1.29, 1.82) is 0 Å². The van der Waals surface area contributed by atoms with Crippen LogP contribution in [0.15, 0.2) is 60.7 Å². The summed E-state index contributed by atoms with van der Waals surface area (Å²) in [5.74, 6) is -4.37. The number of rotatable bonds is 7. The average Bonchev–Trinajstić information content (AvgIpc) is 3.78. The van der Waals surface area contributed by atoms with Gasteiger partial charge in [-0.1, -0.05) is 67.6 Å². The van der Waals surface area contributed by atoms with Crippen molar-refractivity contribution in [3.05, 3.63) is 71.8 Å². The summed E-state index contributed by atoms with van der Waals surface area (Å²) in [6.07, 6.45) is -0.553. The van der Waals surface area contributed by atoms with Gasteiger partial charge in [-0.3, -0.25) is 28.8 Å². The average molecular weight is 773 g/mol. The molecule has 0 saturated carbocycles. The Morgan fingerprint density at radius 3 is 2.16 bits per heavy atom. The molecule has 300 valence electrons. The van der Waals surface area contributed by atoms with Gasteiger partial charge < -0.3 is 40.5 Å². The fourth-order valence-corrected chi connectivity index (χ4v) is 8.31. The van der Waals surface area contributed by atoms with Crippen LogP contribution in [-0.4, -0.2) is 129 Å². The maximum atomic E-state index is 14.7. The standard InChI is InChI=1S/C41H52N6O9/c1-24-18-33-41(55)56-26(3)35(44-36(50)30(19-27-12-6-4-7-13-27)43-34(49)20-28-14-8-5-9-15-28)40(54)47-23-29(48)21-32(47)39(53)45-17-11-10-16-31(45)37(51)42-25(2)38(52)46(33)22-24/h4-9,12-15,24-26,29-33,35,48H,10-11,16-23H2,1-3H3,(H,42,51)(H,43,49)(H,44,50)/t24-,25+,26+,29?,30+,31+,32+,33+,35+/m1/s1. The molecular weight excluding hydrogens is 720 g/mol. The molecule has 0 bridgehead atoms. The quantitative estimate of drug-likeness (QED) is 0.290. The lowest BCUT2D eigenvalue weighted by Gasteiger charge is -2.39. The lowest BCUT2D eigenvalue weighted by Crippen LogP contribution is -2.63. The number of carbonyl (C=O) groups excluding carboxylic acids is 7. The van der Waals surface area contributed by atoms with Gasteiger partial charge in [-0.15, -0.1) is 0 Å². The Morgan fingerprint density at radius 1 is 0.804 bits per heavy atom. The van der Waals surface area contributed by atoms with Crippen LogP contribution < -0.4 is 16.0 Å². The molecule has 0 aromatic heterocycles. The van der Waals surface area contributed by atoms with Crippen molar-refractivity contribution in [2.24, 2.45) is 5.92 Å². The highest BCUT2D eigenvalue weighted by molar-refractivity contribution is 5.98. The topological polar surface area (TPSA) is 195 Å². The minimum atomic E-state index is -1.56. The van der Waals surface area contributed by atoms with Gasteiger partial charge in [-0.05, 0) is 56.6 Å². The predicted molar refractivity (Wildman–Crippen MR) is 202 cm³/mol. The third-order valence-corrected chi connectivity index (χ3v) is 11.2. The zero-order chi connectivity index (χ0) is 40.1. The number of cyclic esters (lactones) is 1. The van der Waals surface area contributed by atoms with Crippen molar-refractivity contribution in [1.82, 2.24) is 30.7 Å². The summed E-state index contributed by atoms with van der Waals surface area (Å²) >= 11 is 0. The van der Waals surface area contributed by atoms with E-state index in [1.54, 1.807) is 48.5 Å². The van der Waals surface area contributed by atoms with Gasteiger partial charge in [-0.2, -0.15) is 0 Å². The van der Waals surface area contributed by atoms with Crippen LogP contribution in [0.5, 0.6) is 0 Å². The Hall–Kier alpha value is -5.31. The lowest BCUT2D eigenvalue weighted by atomic mass is 9.98. The first kappa shape index (κ1) is 40.4. The molecular formula is C41H52N6O9. The van der Waals surface area contributed by atoms with E-state index in [1.807, 2.05) is 19.1 Å². The third kappa shape index (κ3) is 9.20. The molecule has 1 unspecified atom stereocenters. The first-order valence-electron chi connectivity index (χ1n) is 19.6. The highest BCUT2D eigenvalue weighted by Crippen LogP contribution is 2.29. The Labute approximate surface area is 326 Å². The van der Waals surface area contributed by atoms with Gasteiger partial charge in [0, 0.05) is 32.5 Å². The summed E-state index contributed by atoms with van der Waals surface area (Å²) in [7, 11) is 0. The van der Waals surface area contributed by atoms with Gasteiger partial charge in [0.2, 0.25) is 35.4 Å². The normalized spacial score (nSPS) is 29.4. The van der Waals surface area contributed by atoms with Crippen molar-refractivity contribution in [2.75, 3.05) is 19.6 Å². The Kier molecular flexibility index (Phi) is 12.7. The van der Waals surface area contributed by atoms with E-state index in [9.17, 15) is 38.7 Å².